The van der Waals surface area contributed by atoms with E-state index in [0.29, 0.717) is 5.69 Å². The topological polar surface area (TPSA) is 33.2 Å². The van der Waals surface area contributed by atoms with E-state index in [0.717, 1.165) is 42.5 Å². The van der Waals surface area contributed by atoms with Crippen molar-refractivity contribution in [3.05, 3.63) is 39.6 Å². The quantitative estimate of drug-likeness (QED) is 0.629. The first-order chi connectivity index (χ1) is 9.08. The minimum absolute atomic E-state index is 0.0657. The maximum atomic E-state index is 12.5. The van der Waals surface area contributed by atoms with Crippen LogP contribution in [0, 0.1) is 0 Å². The summed E-state index contributed by atoms with van der Waals surface area (Å²) >= 11 is 3.36. The normalized spacial score (nSPS) is 14.6. The van der Waals surface area contributed by atoms with Gasteiger partial charge in [-0.3, -0.25) is 4.79 Å². The van der Waals surface area contributed by atoms with Gasteiger partial charge in [0.05, 0.1) is 0 Å². The summed E-state index contributed by atoms with van der Waals surface area (Å²) in [4.78, 5) is 18.8. The molecular weight excluding hydrogens is 304 g/mol. The molecule has 0 saturated carbocycles. The summed E-state index contributed by atoms with van der Waals surface area (Å²) in [6.45, 7) is 5.84. The predicted molar refractivity (Wildman–Crippen MR) is 80.2 cm³/mol. The first kappa shape index (κ1) is 14.3. The third-order valence-corrected chi connectivity index (χ3v) is 3.71. The maximum Gasteiger partial charge on any atom is 0.272 e. The van der Waals surface area contributed by atoms with E-state index in [4.69, 9.17) is 0 Å². The highest BCUT2D eigenvalue weighted by Crippen LogP contribution is 2.18. The minimum atomic E-state index is 0.0657. The molecule has 1 aromatic rings. The van der Waals surface area contributed by atoms with Crippen molar-refractivity contribution in [1.82, 2.24) is 9.88 Å². The molecular formula is C15H19BrN2O. The number of halogens is 1. The van der Waals surface area contributed by atoms with Crippen molar-refractivity contribution >= 4 is 21.8 Å². The summed E-state index contributed by atoms with van der Waals surface area (Å²) in [5, 5.41) is 0. The van der Waals surface area contributed by atoms with Crippen molar-refractivity contribution in [1.29, 1.82) is 0 Å². The molecule has 1 aromatic heterocycles. The Labute approximate surface area is 122 Å². The highest BCUT2D eigenvalue weighted by atomic mass is 79.9. The second-order valence-corrected chi connectivity index (χ2v) is 5.94. The number of pyridine rings is 1. The smallest absolute Gasteiger partial charge is 0.272 e. The zero-order valence-corrected chi connectivity index (χ0v) is 13.0. The molecule has 1 amide bonds. The molecule has 0 spiro atoms. The third-order valence-electron chi connectivity index (χ3n) is 3.27. The van der Waals surface area contributed by atoms with Crippen LogP contribution in [0.4, 0.5) is 0 Å². The fourth-order valence-electron chi connectivity index (χ4n) is 2.20. The number of carbonyl (C=O) groups is 1. The molecule has 1 saturated heterocycles. The monoisotopic (exact) mass is 322 g/mol. The molecule has 102 valence electrons. The van der Waals surface area contributed by atoms with Crippen LogP contribution in [0.2, 0.25) is 0 Å². The van der Waals surface area contributed by atoms with Crippen LogP contribution >= 0.6 is 15.9 Å². The number of allylic oxidation sites excluding steroid dienone is 2. The van der Waals surface area contributed by atoms with Crippen LogP contribution in [-0.2, 0) is 6.42 Å². The molecule has 1 aliphatic rings. The summed E-state index contributed by atoms with van der Waals surface area (Å²) in [6, 6.07) is 3.88. The van der Waals surface area contributed by atoms with Gasteiger partial charge in [0.1, 0.15) is 10.3 Å². The van der Waals surface area contributed by atoms with Crippen LogP contribution in [-0.4, -0.2) is 28.9 Å². The summed E-state index contributed by atoms with van der Waals surface area (Å²) in [5.41, 5.74) is 2.84. The van der Waals surface area contributed by atoms with Crippen molar-refractivity contribution in [2.24, 2.45) is 0 Å². The first-order valence-corrected chi connectivity index (χ1v) is 7.45. The number of aromatic nitrogens is 1. The van der Waals surface area contributed by atoms with E-state index >= 15 is 0 Å². The van der Waals surface area contributed by atoms with Crippen molar-refractivity contribution in [3.63, 3.8) is 0 Å². The Kier molecular flexibility index (Phi) is 4.75. The summed E-state index contributed by atoms with van der Waals surface area (Å²) in [7, 11) is 0. The molecule has 2 rings (SSSR count). The average molecular weight is 323 g/mol. The standard InChI is InChI=1S/C15H19BrN2O/c1-11(2)5-6-12-7-8-13(16)17-14(12)15(19)18-9-3-4-10-18/h5,7-8H,3-4,6,9-10H2,1-2H3. The molecule has 0 radical (unpaired) electrons. The Balaban J connectivity index is 2.28. The molecule has 0 aromatic carbocycles. The van der Waals surface area contributed by atoms with E-state index < -0.39 is 0 Å². The van der Waals surface area contributed by atoms with Crippen LogP contribution in [0.3, 0.4) is 0 Å². The van der Waals surface area contributed by atoms with Gasteiger partial charge < -0.3 is 4.90 Å². The largest absolute Gasteiger partial charge is 0.337 e. The van der Waals surface area contributed by atoms with Crippen molar-refractivity contribution in [2.75, 3.05) is 13.1 Å². The van der Waals surface area contributed by atoms with E-state index in [2.05, 4.69) is 40.8 Å². The molecule has 0 N–H and O–H groups in total. The fourth-order valence-corrected chi connectivity index (χ4v) is 2.51. The second-order valence-electron chi connectivity index (χ2n) is 5.13. The Morgan fingerprint density at radius 3 is 2.68 bits per heavy atom. The molecule has 0 atom stereocenters. The second kappa shape index (κ2) is 6.33. The van der Waals surface area contributed by atoms with Crippen LogP contribution in [0.25, 0.3) is 0 Å². The zero-order chi connectivity index (χ0) is 13.8. The van der Waals surface area contributed by atoms with E-state index in [9.17, 15) is 4.79 Å². The Morgan fingerprint density at radius 1 is 1.37 bits per heavy atom. The molecule has 2 heterocycles. The van der Waals surface area contributed by atoms with E-state index in [1.165, 1.54) is 5.57 Å². The summed E-state index contributed by atoms with van der Waals surface area (Å²) in [6.07, 6.45) is 5.09. The van der Waals surface area contributed by atoms with Crippen LogP contribution in [0.1, 0.15) is 42.7 Å². The van der Waals surface area contributed by atoms with Crippen LogP contribution in [0.5, 0.6) is 0 Å². The van der Waals surface area contributed by atoms with E-state index in [1.807, 2.05) is 17.0 Å². The van der Waals surface area contributed by atoms with Gasteiger partial charge in [-0.05, 0) is 60.7 Å². The average Bonchev–Trinajstić information content (AvgIpc) is 2.90. The number of nitrogens with zero attached hydrogens (tertiary/aromatic N) is 2. The van der Waals surface area contributed by atoms with Gasteiger partial charge in [0.2, 0.25) is 0 Å². The molecule has 4 heteroatoms. The SMILES string of the molecule is CC(C)=CCc1ccc(Br)nc1C(=O)N1CCCC1. The number of hydrogen-bond acceptors (Lipinski definition) is 2. The van der Waals surface area contributed by atoms with Crippen LogP contribution in [0.15, 0.2) is 28.4 Å². The first-order valence-electron chi connectivity index (χ1n) is 6.66. The lowest BCUT2D eigenvalue weighted by atomic mass is 10.1. The molecule has 19 heavy (non-hydrogen) atoms. The zero-order valence-electron chi connectivity index (χ0n) is 11.4. The number of amides is 1. The van der Waals surface area contributed by atoms with Gasteiger partial charge >= 0.3 is 0 Å². The molecule has 1 aliphatic heterocycles. The van der Waals surface area contributed by atoms with Gasteiger partial charge in [0.15, 0.2) is 0 Å². The highest BCUT2D eigenvalue weighted by molar-refractivity contribution is 9.10. The lowest BCUT2D eigenvalue weighted by Crippen LogP contribution is -2.29. The lowest BCUT2D eigenvalue weighted by molar-refractivity contribution is 0.0786. The van der Waals surface area contributed by atoms with Gasteiger partial charge in [-0.25, -0.2) is 4.98 Å². The van der Waals surface area contributed by atoms with Gasteiger partial charge in [0.25, 0.3) is 5.91 Å². The van der Waals surface area contributed by atoms with Crippen molar-refractivity contribution < 1.29 is 4.79 Å². The molecule has 0 unspecified atom stereocenters. The summed E-state index contributed by atoms with van der Waals surface area (Å²) in [5.74, 6) is 0.0657. The van der Waals surface area contributed by atoms with Gasteiger partial charge in [-0.1, -0.05) is 17.7 Å². The lowest BCUT2D eigenvalue weighted by Gasteiger charge is -2.16. The predicted octanol–water partition coefficient (Wildman–Crippen LogP) is 3.59. The number of rotatable bonds is 3. The minimum Gasteiger partial charge on any atom is -0.337 e. The third kappa shape index (κ3) is 3.66. The fraction of sp³-hybridized carbons (Fsp3) is 0.467. The molecule has 3 nitrogen and oxygen atoms in total. The number of carbonyl (C=O) groups excluding carboxylic acids is 1. The van der Waals surface area contributed by atoms with E-state index in [-0.39, 0.29) is 5.91 Å². The summed E-state index contributed by atoms with van der Waals surface area (Å²) < 4.78 is 0.719. The number of hydrogen-bond donors (Lipinski definition) is 0. The van der Waals surface area contributed by atoms with Crippen molar-refractivity contribution in [2.45, 2.75) is 33.1 Å². The van der Waals surface area contributed by atoms with Gasteiger partial charge in [-0.15, -0.1) is 0 Å². The Bertz CT molecular complexity index is 501. The van der Waals surface area contributed by atoms with E-state index in [1.54, 1.807) is 0 Å². The van der Waals surface area contributed by atoms with Gasteiger partial charge in [0, 0.05) is 13.1 Å². The number of likely N-dealkylation sites (tertiary alicyclic amines) is 1. The Morgan fingerprint density at radius 2 is 2.05 bits per heavy atom. The molecule has 0 bridgehead atoms. The molecule has 1 fully saturated rings. The maximum absolute atomic E-state index is 12.5. The highest BCUT2D eigenvalue weighted by Gasteiger charge is 2.22. The van der Waals surface area contributed by atoms with Crippen LogP contribution < -0.4 is 0 Å². The van der Waals surface area contributed by atoms with Gasteiger partial charge in [-0.2, -0.15) is 0 Å². The van der Waals surface area contributed by atoms with Crippen molar-refractivity contribution in [3.8, 4) is 0 Å². The molecule has 0 aliphatic carbocycles. The Hall–Kier alpha value is -1.16.